The van der Waals surface area contributed by atoms with Crippen LogP contribution in [-0.4, -0.2) is 55.4 Å². The summed E-state index contributed by atoms with van der Waals surface area (Å²) in [6, 6.07) is 7.83. The van der Waals surface area contributed by atoms with Gasteiger partial charge < -0.3 is 25.4 Å². The number of aliphatic hydroxyl groups is 1. The molecular formula is C19H24N6O4. The standard InChI is InChI=1S/C19H24N6O4/c20-19-22-17-16(18(29)23-19)25(12-21-17)9-8-24(10-11-26)14-6-4-13(5-7-14)2-1-3-15(27)28/h4-7,12,26H,1-3,8-11H2,(H,27,28)(H3,20,22,23,29). The van der Waals surface area contributed by atoms with Crippen LogP contribution >= 0.6 is 0 Å². The fourth-order valence-electron chi connectivity index (χ4n) is 3.21. The Balaban J connectivity index is 1.69. The molecule has 0 aliphatic heterocycles. The van der Waals surface area contributed by atoms with Crippen LogP contribution in [0.4, 0.5) is 11.6 Å². The molecule has 0 aliphatic rings. The van der Waals surface area contributed by atoms with Gasteiger partial charge in [-0.15, -0.1) is 0 Å². The molecule has 1 aromatic carbocycles. The number of imidazole rings is 1. The van der Waals surface area contributed by atoms with Crippen molar-refractivity contribution in [1.82, 2.24) is 19.5 Å². The number of fused-ring (bicyclic) bond motifs is 1. The largest absolute Gasteiger partial charge is 0.481 e. The van der Waals surface area contributed by atoms with Gasteiger partial charge in [-0.2, -0.15) is 4.98 Å². The van der Waals surface area contributed by atoms with Crippen LogP contribution < -0.4 is 16.2 Å². The number of hydrogen-bond donors (Lipinski definition) is 4. The van der Waals surface area contributed by atoms with Gasteiger partial charge in [-0.25, -0.2) is 4.98 Å². The maximum atomic E-state index is 12.2. The second kappa shape index (κ2) is 9.20. The molecule has 0 aliphatic carbocycles. The topological polar surface area (TPSA) is 150 Å². The van der Waals surface area contributed by atoms with Gasteiger partial charge in [0, 0.05) is 31.7 Å². The lowest BCUT2D eigenvalue weighted by Gasteiger charge is -2.24. The molecule has 0 radical (unpaired) electrons. The van der Waals surface area contributed by atoms with Crippen LogP contribution in [0.15, 0.2) is 35.4 Å². The van der Waals surface area contributed by atoms with Crippen molar-refractivity contribution >= 4 is 28.8 Å². The van der Waals surface area contributed by atoms with Gasteiger partial charge in [0.1, 0.15) is 0 Å². The van der Waals surface area contributed by atoms with Crippen molar-refractivity contribution in [3.05, 3.63) is 46.5 Å². The molecule has 3 rings (SSSR count). The third kappa shape index (κ3) is 5.11. The average molecular weight is 400 g/mol. The maximum absolute atomic E-state index is 12.2. The normalized spacial score (nSPS) is 11.1. The molecule has 2 heterocycles. The SMILES string of the molecule is Nc1nc2ncn(CCN(CCO)c3ccc(CCCC(=O)O)cc3)c2c(=O)[nH]1. The van der Waals surface area contributed by atoms with Crippen molar-refractivity contribution in [2.45, 2.75) is 25.8 Å². The predicted molar refractivity (Wildman–Crippen MR) is 109 cm³/mol. The number of nitrogens with two attached hydrogens (primary N) is 1. The molecule has 2 aromatic heterocycles. The number of carbonyl (C=O) groups is 1. The Morgan fingerprint density at radius 1 is 1.24 bits per heavy atom. The van der Waals surface area contributed by atoms with Crippen LogP contribution in [0.2, 0.25) is 0 Å². The van der Waals surface area contributed by atoms with E-state index in [1.165, 1.54) is 0 Å². The van der Waals surface area contributed by atoms with E-state index in [0.29, 0.717) is 43.6 Å². The lowest BCUT2D eigenvalue weighted by Crippen LogP contribution is -2.30. The number of anilines is 2. The Hall–Kier alpha value is -3.40. The van der Waals surface area contributed by atoms with Crippen molar-refractivity contribution in [2.75, 3.05) is 30.3 Å². The van der Waals surface area contributed by atoms with Crippen LogP contribution in [-0.2, 0) is 17.8 Å². The zero-order valence-electron chi connectivity index (χ0n) is 15.9. The third-order valence-electron chi connectivity index (χ3n) is 4.64. The first-order chi connectivity index (χ1) is 14.0. The first kappa shape index (κ1) is 20.3. The Morgan fingerprint density at radius 2 is 2.00 bits per heavy atom. The van der Waals surface area contributed by atoms with E-state index in [9.17, 15) is 14.7 Å². The Labute approximate surface area is 166 Å². The quantitative estimate of drug-likeness (QED) is 0.386. The summed E-state index contributed by atoms with van der Waals surface area (Å²) in [5, 5.41) is 18.2. The monoisotopic (exact) mass is 400 g/mol. The Kier molecular flexibility index (Phi) is 6.45. The van der Waals surface area contributed by atoms with Crippen molar-refractivity contribution in [2.24, 2.45) is 0 Å². The fraction of sp³-hybridized carbons (Fsp3) is 0.368. The third-order valence-corrected chi connectivity index (χ3v) is 4.64. The van der Waals surface area contributed by atoms with Crippen LogP contribution in [0.3, 0.4) is 0 Å². The smallest absolute Gasteiger partial charge is 0.303 e. The first-order valence-electron chi connectivity index (χ1n) is 9.35. The van der Waals surface area contributed by atoms with Crippen LogP contribution in [0.25, 0.3) is 11.2 Å². The van der Waals surface area contributed by atoms with Gasteiger partial charge in [0.25, 0.3) is 5.56 Å². The van der Waals surface area contributed by atoms with E-state index >= 15 is 0 Å². The Bertz CT molecular complexity index is 1030. The van der Waals surface area contributed by atoms with Crippen molar-refractivity contribution in [3.63, 3.8) is 0 Å². The van der Waals surface area contributed by atoms with Gasteiger partial charge in [-0.05, 0) is 30.5 Å². The highest BCUT2D eigenvalue weighted by Gasteiger charge is 2.12. The number of aromatic nitrogens is 4. The molecule has 5 N–H and O–H groups in total. The van der Waals surface area contributed by atoms with Gasteiger partial charge in [0.05, 0.1) is 12.9 Å². The molecule has 0 spiro atoms. The van der Waals surface area contributed by atoms with E-state index in [0.717, 1.165) is 11.3 Å². The number of aryl methyl sites for hydroxylation is 1. The minimum absolute atomic E-state index is 0.0102. The lowest BCUT2D eigenvalue weighted by atomic mass is 10.1. The maximum Gasteiger partial charge on any atom is 0.303 e. The summed E-state index contributed by atoms with van der Waals surface area (Å²) < 4.78 is 1.71. The number of hydrogen-bond acceptors (Lipinski definition) is 7. The van der Waals surface area contributed by atoms with E-state index in [2.05, 4.69) is 15.0 Å². The summed E-state index contributed by atoms with van der Waals surface area (Å²) in [5.41, 5.74) is 7.86. The summed E-state index contributed by atoms with van der Waals surface area (Å²) in [4.78, 5) is 35.4. The average Bonchev–Trinajstić information content (AvgIpc) is 3.08. The van der Waals surface area contributed by atoms with Gasteiger partial charge in [0.15, 0.2) is 11.2 Å². The molecular weight excluding hydrogens is 376 g/mol. The number of aliphatic carboxylic acids is 1. The summed E-state index contributed by atoms with van der Waals surface area (Å²) in [7, 11) is 0. The van der Waals surface area contributed by atoms with Crippen molar-refractivity contribution in [3.8, 4) is 0 Å². The number of rotatable bonds is 10. The zero-order valence-corrected chi connectivity index (χ0v) is 15.9. The number of nitrogens with one attached hydrogen (secondary N) is 1. The number of aliphatic hydroxyl groups excluding tert-OH is 1. The molecule has 3 aromatic rings. The van der Waals surface area contributed by atoms with Gasteiger partial charge in [-0.3, -0.25) is 14.6 Å². The van der Waals surface area contributed by atoms with Crippen LogP contribution in [0.1, 0.15) is 18.4 Å². The second-order valence-corrected chi connectivity index (χ2v) is 6.69. The summed E-state index contributed by atoms with van der Waals surface area (Å²) in [5.74, 6) is -0.766. The van der Waals surface area contributed by atoms with E-state index in [4.69, 9.17) is 10.8 Å². The molecule has 10 heteroatoms. The summed E-state index contributed by atoms with van der Waals surface area (Å²) in [6.07, 6.45) is 2.99. The molecule has 10 nitrogen and oxygen atoms in total. The lowest BCUT2D eigenvalue weighted by molar-refractivity contribution is -0.137. The number of aromatic amines is 1. The number of H-pyrrole nitrogens is 1. The molecule has 154 valence electrons. The predicted octanol–water partition coefficient (Wildman–Crippen LogP) is 0.608. The molecule has 0 unspecified atom stereocenters. The van der Waals surface area contributed by atoms with Gasteiger partial charge >= 0.3 is 5.97 Å². The summed E-state index contributed by atoms with van der Waals surface area (Å²) in [6.45, 7) is 1.45. The molecule has 29 heavy (non-hydrogen) atoms. The minimum Gasteiger partial charge on any atom is -0.481 e. The molecule has 0 fully saturated rings. The zero-order chi connectivity index (χ0) is 20.8. The number of nitrogen functional groups attached to an aromatic ring is 1. The van der Waals surface area contributed by atoms with E-state index in [1.54, 1.807) is 10.9 Å². The molecule has 0 atom stereocenters. The Morgan fingerprint density at radius 3 is 2.69 bits per heavy atom. The molecule has 0 bridgehead atoms. The molecule has 0 amide bonds. The summed E-state index contributed by atoms with van der Waals surface area (Å²) >= 11 is 0. The minimum atomic E-state index is -0.792. The van der Waals surface area contributed by atoms with Crippen LogP contribution in [0.5, 0.6) is 0 Å². The van der Waals surface area contributed by atoms with Crippen molar-refractivity contribution in [1.29, 1.82) is 0 Å². The second-order valence-electron chi connectivity index (χ2n) is 6.69. The van der Waals surface area contributed by atoms with E-state index in [1.807, 2.05) is 29.2 Å². The number of carboxylic acid groups (broad SMARTS) is 1. The highest BCUT2D eigenvalue weighted by molar-refractivity contribution is 5.70. The number of benzene rings is 1. The van der Waals surface area contributed by atoms with Crippen molar-refractivity contribution < 1.29 is 15.0 Å². The molecule has 0 saturated heterocycles. The first-order valence-corrected chi connectivity index (χ1v) is 9.35. The number of carboxylic acids is 1. The fourth-order valence-corrected chi connectivity index (χ4v) is 3.21. The highest BCUT2D eigenvalue weighted by atomic mass is 16.4. The van der Waals surface area contributed by atoms with E-state index in [-0.39, 0.29) is 24.5 Å². The van der Waals surface area contributed by atoms with Crippen LogP contribution in [0, 0.1) is 0 Å². The van der Waals surface area contributed by atoms with Gasteiger partial charge in [-0.1, -0.05) is 12.1 Å². The van der Waals surface area contributed by atoms with E-state index < -0.39 is 5.97 Å². The highest BCUT2D eigenvalue weighted by Crippen LogP contribution is 2.17. The molecule has 0 saturated carbocycles. The number of nitrogens with zero attached hydrogens (tertiary/aromatic N) is 4. The van der Waals surface area contributed by atoms with Gasteiger partial charge in [0.2, 0.25) is 5.95 Å².